The first-order chi connectivity index (χ1) is 8.61. The van der Waals surface area contributed by atoms with Crippen LogP contribution in [0.4, 0.5) is 4.39 Å². The van der Waals surface area contributed by atoms with Gasteiger partial charge in [-0.2, -0.15) is 4.98 Å². The summed E-state index contributed by atoms with van der Waals surface area (Å²) in [6.07, 6.45) is 0. The van der Waals surface area contributed by atoms with Gasteiger partial charge >= 0.3 is 0 Å². The van der Waals surface area contributed by atoms with Gasteiger partial charge < -0.3 is 15.0 Å². The van der Waals surface area contributed by atoms with Gasteiger partial charge in [0.15, 0.2) is 5.82 Å². The molecule has 18 heavy (non-hydrogen) atoms. The fourth-order valence-electron chi connectivity index (χ4n) is 1.39. The minimum atomic E-state index is -0.546. The fourth-order valence-corrected chi connectivity index (χ4v) is 1.50. The standard InChI is InChI=1S/C11H11ClFN3O2/c1-17-5-9(14)10-15-11(18-16-10)6-2-3-7(12)8(13)4-6/h2-4,9H,5,14H2,1H3. The van der Waals surface area contributed by atoms with Gasteiger partial charge in [-0.05, 0) is 18.2 Å². The number of methoxy groups -OCH3 is 1. The average molecular weight is 272 g/mol. The molecule has 0 bridgehead atoms. The lowest BCUT2D eigenvalue weighted by molar-refractivity contribution is 0.177. The second-order valence-corrected chi connectivity index (χ2v) is 4.06. The molecule has 1 atom stereocenters. The third-order valence-corrected chi connectivity index (χ3v) is 2.59. The maximum atomic E-state index is 13.3. The van der Waals surface area contributed by atoms with Crippen LogP contribution in [-0.2, 0) is 4.74 Å². The number of hydrogen-bond acceptors (Lipinski definition) is 5. The normalized spacial score (nSPS) is 12.7. The summed E-state index contributed by atoms with van der Waals surface area (Å²) in [4.78, 5) is 4.08. The van der Waals surface area contributed by atoms with Gasteiger partial charge in [0.1, 0.15) is 5.82 Å². The van der Waals surface area contributed by atoms with E-state index in [9.17, 15) is 4.39 Å². The van der Waals surface area contributed by atoms with Crippen molar-refractivity contribution in [1.82, 2.24) is 10.1 Å². The zero-order valence-electron chi connectivity index (χ0n) is 9.56. The molecule has 1 aromatic carbocycles. The second-order valence-electron chi connectivity index (χ2n) is 3.65. The zero-order valence-corrected chi connectivity index (χ0v) is 10.3. The molecule has 1 unspecified atom stereocenters. The summed E-state index contributed by atoms with van der Waals surface area (Å²) in [5, 5.41) is 3.75. The van der Waals surface area contributed by atoms with E-state index < -0.39 is 11.9 Å². The van der Waals surface area contributed by atoms with Crippen LogP contribution in [0, 0.1) is 5.82 Å². The molecule has 96 valence electrons. The third kappa shape index (κ3) is 2.66. The van der Waals surface area contributed by atoms with E-state index in [1.807, 2.05) is 0 Å². The Kier molecular flexibility index (Phi) is 3.90. The Labute approximate surface area is 108 Å². The molecule has 0 saturated heterocycles. The molecule has 1 heterocycles. The highest BCUT2D eigenvalue weighted by Crippen LogP contribution is 2.23. The van der Waals surface area contributed by atoms with Gasteiger partial charge in [-0.3, -0.25) is 0 Å². The smallest absolute Gasteiger partial charge is 0.258 e. The van der Waals surface area contributed by atoms with Crippen molar-refractivity contribution < 1.29 is 13.7 Å². The lowest BCUT2D eigenvalue weighted by Crippen LogP contribution is -2.17. The number of rotatable bonds is 4. The summed E-state index contributed by atoms with van der Waals surface area (Å²) >= 11 is 5.59. The molecule has 0 saturated carbocycles. The van der Waals surface area contributed by atoms with Crippen LogP contribution >= 0.6 is 11.6 Å². The van der Waals surface area contributed by atoms with E-state index in [2.05, 4.69) is 10.1 Å². The molecule has 2 aromatic rings. The van der Waals surface area contributed by atoms with E-state index in [1.165, 1.54) is 19.2 Å². The van der Waals surface area contributed by atoms with Crippen LogP contribution in [0.3, 0.4) is 0 Å². The first kappa shape index (κ1) is 12.9. The number of halogens is 2. The van der Waals surface area contributed by atoms with Crippen molar-refractivity contribution in [3.63, 3.8) is 0 Å². The molecule has 0 amide bonds. The van der Waals surface area contributed by atoms with E-state index in [0.29, 0.717) is 11.4 Å². The highest BCUT2D eigenvalue weighted by atomic mass is 35.5. The van der Waals surface area contributed by atoms with Gasteiger partial charge in [-0.25, -0.2) is 4.39 Å². The van der Waals surface area contributed by atoms with Gasteiger partial charge in [0, 0.05) is 12.7 Å². The van der Waals surface area contributed by atoms with Crippen LogP contribution in [0.2, 0.25) is 5.02 Å². The molecular formula is C11H11ClFN3O2. The number of ether oxygens (including phenoxy) is 1. The average Bonchev–Trinajstić information content (AvgIpc) is 2.82. The van der Waals surface area contributed by atoms with Gasteiger partial charge in [0.25, 0.3) is 5.89 Å². The fraction of sp³-hybridized carbons (Fsp3) is 0.273. The first-order valence-corrected chi connectivity index (χ1v) is 5.53. The van der Waals surface area contributed by atoms with E-state index in [1.54, 1.807) is 6.07 Å². The quantitative estimate of drug-likeness (QED) is 0.922. The minimum absolute atomic E-state index is 0.0366. The Bertz CT molecular complexity index is 547. The molecule has 0 fully saturated rings. The number of nitrogens with two attached hydrogens (primary N) is 1. The molecule has 0 radical (unpaired) electrons. The SMILES string of the molecule is COCC(N)c1noc(-c2ccc(Cl)c(F)c2)n1. The topological polar surface area (TPSA) is 74.2 Å². The Morgan fingerprint density at radius 2 is 2.33 bits per heavy atom. The molecular weight excluding hydrogens is 261 g/mol. The second kappa shape index (κ2) is 5.43. The van der Waals surface area contributed by atoms with E-state index in [4.69, 9.17) is 26.6 Å². The number of nitrogens with zero attached hydrogens (tertiary/aromatic N) is 2. The van der Waals surface area contributed by atoms with Gasteiger partial charge in [0.05, 0.1) is 17.7 Å². The summed E-state index contributed by atoms with van der Waals surface area (Å²) in [5.41, 5.74) is 6.19. The molecule has 0 aliphatic heterocycles. The van der Waals surface area contributed by atoms with Crippen LogP contribution in [0.1, 0.15) is 11.9 Å². The summed E-state index contributed by atoms with van der Waals surface area (Å²) in [5.74, 6) is -0.0514. The van der Waals surface area contributed by atoms with Crippen molar-refractivity contribution >= 4 is 11.6 Å². The van der Waals surface area contributed by atoms with Crippen LogP contribution < -0.4 is 5.73 Å². The predicted molar refractivity (Wildman–Crippen MR) is 63.5 cm³/mol. The molecule has 5 nitrogen and oxygen atoms in total. The Balaban J connectivity index is 2.26. The predicted octanol–water partition coefficient (Wildman–Crippen LogP) is 2.18. The van der Waals surface area contributed by atoms with Crippen LogP contribution in [-0.4, -0.2) is 23.9 Å². The highest BCUT2D eigenvalue weighted by molar-refractivity contribution is 6.30. The van der Waals surface area contributed by atoms with Gasteiger partial charge in [-0.15, -0.1) is 0 Å². The van der Waals surface area contributed by atoms with Crippen molar-refractivity contribution in [2.75, 3.05) is 13.7 Å². The van der Waals surface area contributed by atoms with Crippen molar-refractivity contribution in [2.45, 2.75) is 6.04 Å². The monoisotopic (exact) mass is 271 g/mol. The maximum absolute atomic E-state index is 13.3. The van der Waals surface area contributed by atoms with E-state index >= 15 is 0 Å². The summed E-state index contributed by atoms with van der Waals surface area (Å²) in [7, 11) is 1.52. The highest BCUT2D eigenvalue weighted by Gasteiger charge is 2.15. The van der Waals surface area contributed by atoms with Gasteiger partial charge in [0.2, 0.25) is 0 Å². The Hall–Kier alpha value is -1.50. The van der Waals surface area contributed by atoms with Crippen LogP contribution in [0.25, 0.3) is 11.5 Å². The molecule has 0 aliphatic rings. The zero-order chi connectivity index (χ0) is 13.1. The first-order valence-electron chi connectivity index (χ1n) is 5.15. The molecule has 2 N–H and O–H groups in total. The number of benzene rings is 1. The number of hydrogen-bond donors (Lipinski definition) is 1. The lowest BCUT2D eigenvalue weighted by Gasteiger charge is -2.03. The number of aromatic nitrogens is 2. The summed E-state index contributed by atoms with van der Waals surface area (Å²) < 4.78 is 23.2. The maximum Gasteiger partial charge on any atom is 0.258 e. The van der Waals surface area contributed by atoms with Crippen molar-refractivity contribution in [2.24, 2.45) is 5.73 Å². The summed E-state index contributed by atoms with van der Waals surface area (Å²) in [6, 6.07) is 3.75. The molecule has 0 aliphatic carbocycles. The largest absolute Gasteiger partial charge is 0.383 e. The van der Waals surface area contributed by atoms with Gasteiger partial charge in [-0.1, -0.05) is 16.8 Å². The molecule has 1 aromatic heterocycles. The minimum Gasteiger partial charge on any atom is -0.383 e. The van der Waals surface area contributed by atoms with Crippen LogP contribution in [0.5, 0.6) is 0 Å². The Morgan fingerprint density at radius 1 is 1.56 bits per heavy atom. The molecule has 7 heteroatoms. The molecule has 0 spiro atoms. The summed E-state index contributed by atoms with van der Waals surface area (Å²) in [6.45, 7) is 0.272. The molecule has 2 rings (SSSR count). The van der Waals surface area contributed by atoms with Crippen molar-refractivity contribution in [1.29, 1.82) is 0 Å². The third-order valence-electron chi connectivity index (χ3n) is 2.29. The van der Waals surface area contributed by atoms with E-state index in [-0.39, 0.29) is 17.5 Å². The van der Waals surface area contributed by atoms with E-state index in [0.717, 1.165) is 0 Å². The lowest BCUT2D eigenvalue weighted by atomic mass is 10.2. The van der Waals surface area contributed by atoms with Crippen molar-refractivity contribution in [3.05, 3.63) is 34.9 Å². The Morgan fingerprint density at radius 3 is 3.00 bits per heavy atom. The van der Waals surface area contributed by atoms with Crippen molar-refractivity contribution in [3.8, 4) is 11.5 Å². The van der Waals surface area contributed by atoms with Crippen LogP contribution in [0.15, 0.2) is 22.7 Å².